The summed E-state index contributed by atoms with van der Waals surface area (Å²) in [5.41, 5.74) is 1.15. The number of imidazole rings is 1. The van der Waals surface area contributed by atoms with E-state index in [2.05, 4.69) is 24.1 Å². The van der Waals surface area contributed by atoms with Gasteiger partial charge in [-0.05, 0) is 36.8 Å². The third-order valence-electron chi connectivity index (χ3n) is 8.80. The molecule has 2 aliphatic heterocycles. The largest absolute Gasteiger partial charge is 0.378 e. The number of aromatic nitrogens is 4. The Balaban J connectivity index is 1.16. The van der Waals surface area contributed by atoms with Crippen molar-refractivity contribution in [3.8, 4) is 5.82 Å². The number of morpholine rings is 1. The van der Waals surface area contributed by atoms with Crippen LogP contribution in [0.3, 0.4) is 0 Å². The molecule has 3 aromatic rings. The van der Waals surface area contributed by atoms with Gasteiger partial charge >= 0.3 is 0 Å². The highest BCUT2D eigenvalue weighted by Crippen LogP contribution is 2.53. The smallest absolute Gasteiger partial charge is 0.296 e. The van der Waals surface area contributed by atoms with Crippen molar-refractivity contribution in [1.29, 1.82) is 0 Å². The summed E-state index contributed by atoms with van der Waals surface area (Å²) in [6.45, 7) is 8.23. The van der Waals surface area contributed by atoms with E-state index in [1.165, 1.54) is 4.57 Å². The number of para-hydroxylation sites is 2. The van der Waals surface area contributed by atoms with Crippen molar-refractivity contribution >= 4 is 22.8 Å². The van der Waals surface area contributed by atoms with Gasteiger partial charge in [-0.25, -0.2) is 13.8 Å². The average molecular weight is 555 g/mol. The number of ether oxygens (including phenoxy) is 3. The molecule has 1 spiro atoms. The lowest BCUT2D eigenvalue weighted by Crippen LogP contribution is -2.46. The predicted molar refractivity (Wildman–Crippen MR) is 146 cm³/mol. The quantitative estimate of drug-likeness (QED) is 0.474. The number of benzene rings is 1. The zero-order chi connectivity index (χ0) is 27.5. The van der Waals surface area contributed by atoms with E-state index in [1.54, 1.807) is 24.3 Å². The number of hydrogen-bond donors (Lipinski definition) is 1. The Morgan fingerprint density at radius 2 is 1.68 bits per heavy atom. The molecule has 0 unspecified atom stereocenters. The third-order valence-corrected chi connectivity index (χ3v) is 8.80. The maximum absolute atomic E-state index is 14.2. The van der Waals surface area contributed by atoms with Crippen LogP contribution in [0.5, 0.6) is 0 Å². The fourth-order valence-corrected chi connectivity index (χ4v) is 6.84. The van der Waals surface area contributed by atoms with Crippen molar-refractivity contribution in [3.05, 3.63) is 36.2 Å². The zero-order valence-electron chi connectivity index (χ0n) is 23.0. The maximum atomic E-state index is 14.2. The van der Waals surface area contributed by atoms with Gasteiger partial charge in [-0.15, -0.1) is 0 Å². The molecule has 0 bridgehead atoms. The van der Waals surface area contributed by atoms with Gasteiger partial charge in [-0.1, -0.05) is 26.0 Å². The molecule has 2 aromatic heterocycles. The molecule has 0 radical (unpaired) electrons. The Morgan fingerprint density at radius 3 is 2.38 bits per heavy atom. The van der Waals surface area contributed by atoms with E-state index in [9.17, 15) is 8.78 Å². The second-order valence-electron chi connectivity index (χ2n) is 12.5. The fourth-order valence-electron chi connectivity index (χ4n) is 6.84. The van der Waals surface area contributed by atoms with Crippen LogP contribution in [0, 0.1) is 17.3 Å². The van der Waals surface area contributed by atoms with E-state index >= 15 is 0 Å². The first-order valence-corrected chi connectivity index (χ1v) is 14.3. The summed E-state index contributed by atoms with van der Waals surface area (Å²) in [4.78, 5) is 15.9. The molecule has 4 aliphatic rings. The first kappa shape index (κ1) is 26.0. The van der Waals surface area contributed by atoms with Crippen LogP contribution in [0.1, 0.15) is 51.8 Å². The van der Waals surface area contributed by atoms with Crippen molar-refractivity contribution in [2.24, 2.45) is 17.3 Å². The number of rotatable bonds is 5. The second-order valence-corrected chi connectivity index (χ2v) is 12.5. The Bertz CT molecular complexity index is 1370. The lowest BCUT2D eigenvalue weighted by atomic mass is 9.94. The number of fused-ring (bicyclic) bond motifs is 2. The molecule has 40 heavy (non-hydrogen) atoms. The molecule has 2 saturated carbocycles. The monoisotopic (exact) mass is 554 g/mol. The standard InChI is InChI=1S/C29H36F2N6O3/c1-28(2)16-39-29(40-17-28)14-18-11-20(12-19(18)15-29)32-23-13-24(35-27(34-23)36-7-9-38-10-8-36)37-22-6-4-3-5-21(22)33-26(37)25(30)31/h3-6,13,18-20,25H,7-12,14-17H2,1-2H3,(H,32,34,35)/t18-,19+,20-. The normalized spacial score (nSPS) is 27.5. The van der Waals surface area contributed by atoms with E-state index in [0.717, 1.165) is 38.9 Å². The van der Waals surface area contributed by atoms with Crippen molar-refractivity contribution in [2.45, 2.75) is 57.8 Å². The van der Waals surface area contributed by atoms with Crippen LogP contribution in [0.15, 0.2) is 30.3 Å². The maximum Gasteiger partial charge on any atom is 0.296 e. The number of nitrogens with one attached hydrogen (secondary N) is 1. The number of alkyl halides is 2. The highest BCUT2D eigenvalue weighted by atomic mass is 19.3. The molecule has 2 aliphatic carbocycles. The van der Waals surface area contributed by atoms with Crippen LogP contribution in [-0.2, 0) is 14.2 Å². The summed E-state index contributed by atoms with van der Waals surface area (Å²) >= 11 is 0. The van der Waals surface area contributed by atoms with Gasteiger partial charge in [-0.2, -0.15) is 9.97 Å². The first-order chi connectivity index (χ1) is 19.3. The minimum absolute atomic E-state index is 0.0563. The van der Waals surface area contributed by atoms with Gasteiger partial charge < -0.3 is 24.4 Å². The van der Waals surface area contributed by atoms with Gasteiger partial charge in [0.05, 0.1) is 37.5 Å². The third kappa shape index (κ3) is 4.81. The van der Waals surface area contributed by atoms with Gasteiger partial charge in [0.15, 0.2) is 11.6 Å². The number of anilines is 2. The molecular weight excluding hydrogens is 518 g/mol. The minimum Gasteiger partial charge on any atom is -0.378 e. The summed E-state index contributed by atoms with van der Waals surface area (Å²) in [5, 5.41) is 3.64. The second kappa shape index (κ2) is 9.88. The topological polar surface area (TPSA) is 86.6 Å². The van der Waals surface area contributed by atoms with Crippen LogP contribution >= 0.6 is 0 Å². The van der Waals surface area contributed by atoms with Crippen LogP contribution in [0.25, 0.3) is 16.9 Å². The SMILES string of the molecule is CC1(C)COC2(C[C@H]3C[C@@H](Nc4cc(-n5c(C(F)F)nc6ccccc65)nc(N5CCOCC5)n4)C[C@H]3C2)OC1. The van der Waals surface area contributed by atoms with Crippen molar-refractivity contribution in [1.82, 2.24) is 19.5 Å². The van der Waals surface area contributed by atoms with E-state index in [4.69, 9.17) is 24.2 Å². The molecule has 4 heterocycles. The molecule has 2 saturated heterocycles. The molecule has 0 amide bonds. The Labute approximate surface area is 232 Å². The summed E-state index contributed by atoms with van der Waals surface area (Å²) in [7, 11) is 0. The first-order valence-electron chi connectivity index (χ1n) is 14.3. The highest BCUT2D eigenvalue weighted by molar-refractivity contribution is 5.78. The van der Waals surface area contributed by atoms with Crippen molar-refractivity contribution < 1.29 is 23.0 Å². The number of hydrogen-bond acceptors (Lipinski definition) is 8. The summed E-state index contributed by atoms with van der Waals surface area (Å²) in [6, 6.07) is 9.15. The van der Waals surface area contributed by atoms with Gasteiger partial charge in [0.2, 0.25) is 5.95 Å². The van der Waals surface area contributed by atoms with E-state index in [1.807, 2.05) is 11.0 Å². The average Bonchev–Trinajstić information content (AvgIpc) is 3.61. The summed E-state index contributed by atoms with van der Waals surface area (Å²) in [6.07, 6.45) is 1.06. The van der Waals surface area contributed by atoms with Crippen LogP contribution in [0.4, 0.5) is 20.5 Å². The molecule has 11 heteroatoms. The van der Waals surface area contributed by atoms with E-state index < -0.39 is 12.2 Å². The Morgan fingerprint density at radius 1 is 0.975 bits per heavy atom. The minimum atomic E-state index is -2.75. The van der Waals surface area contributed by atoms with Gasteiger partial charge in [0, 0.05) is 43.5 Å². The summed E-state index contributed by atoms with van der Waals surface area (Å²) < 4.78 is 47.9. The van der Waals surface area contributed by atoms with Gasteiger partial charge in [0.1, 0.15) is 11.6 Å². The van der Waals surface area contributed by atoms with Crippen molar-refractivity contribution in [3.63, 3.8) is 0 Å². The van der Waals surface area contributed by atoms with Gasteiger partial charge in [-0.3, -0.25) is 4.57 Å². The molecule has 1 aromatic carbocycles. The Kier molecular flexibility index (Phi) is 6.43. The summed E-state index contributed by atoms with van der Waals surface area (Å²) in [5.74, 6) is 1.79. The molecule has 4 fully saturated rings. The fraction of sp³-hybridized carbons (Fsp3) is 0.621. The number of nitrogens with zero attached hydrogens (tertiary/aromatic N) is 5. The van der Waals surface area contributed by atoms with E-state index in [0.29, 0.717) is 66.8 Å². The van der Waals surface area contributed by atoms with Crippen molar-refractivity contribution in [2.75, 3.05) is 49.7 Å². The lowest BCUT2D eigenvalue weighted by Gasteiger charge is -2.42. The molecular formula is C29H36F2N6O3. The molecule has 3 atom stereocenters. The molecule has 214 valence electrons. The molecule has 1 N–H and O–H groups in total. The molecule has 9 nitrogen and oxygen atoms in total. The van der Waals surface area contributed by atoms with Crippen LogP contribution < -0.4 is 10.2 Å². The van der Waals surface area contributed by atoms with Crippen LogP contribution in [0.2, 0.25) is 0 Å². The zero-order valence-corrected chi connectivity index (χ0v) is 23.0. The highest BCUT2D eigenvalue weighted by Gasteiger charge is 2.53. The number of halogens is 2. The predicted octanol–water partition coefficient (Wildman–Crippen LogP) is 4.96. The Hall–Kier alpha value is -2.89. The molecule has 7 rings (SSSR count). The van der Waals surface area contributed by atoms with Gasteiger partial charge in [0.25, 0.3) is 6.43 Å². The van der Waals surface area contributed by atoms with E-state index in [-0.39, 0.29) is 17.3 Å². The lowest BCUT2D eigenvalue weighted by molar-refractivity contribution is -0.297. The van der Waals surface area contributed by atoms with Crippen LogP contribution in [-0.4, -0.2) is 70.9 Å².